The lowest BCUT2D eigenvalue weighted by atomic mass is 9.93. The molecule has 1 aliphatic rings. The van der Waals surface area contributed by atoms with Crippen molar-refractivity contribution >= 4 is 5.97 Å². The highest BCUT2D eigenvalue weighted by Crippen LogP contribution is 2.35. The van der Waals surface area contributed by atoms with E-state index < -0.39 is 5.97 Å². The maximum Gasteiger partial charge on any atom is 0.356 e. The molecular formula is C16H18N2O3. The minimum Gasteiger partial charge on any atom is -0.488 e. The third-order valence-electron chi connectivity index (χ3n) is 3.84. The Kier molecular flexibility index (Phi) is 3.01. The second-order valence-electron chi connectivity index (χ2n) is 6.03. The van der Waals surface area contributed by atoms with Crippen molar-refractivity contribution < 1.29 is 14.6 Å². The highest BCUT2D eigenvalue weighted by atomic mass is 16.5. The van der Waals surface area contributed by atoms with Crippen LogP contribution in [0.4, 0.5) is 0 Å². The Hall–Kier alpha value is -2.30. The van der Waals surface area contributed by atoms with Crippen LogP contribution in [0.2, 0.25) is 0 Å². The number of hydrogen-bond acceptors (Lipinski definition) is 3. The van der Waals surface area contributed by atoms with Gasteiger partial charge >= 0.3 is 5.97 Å². The maximum atomic E-state index is 11.0. The van der Waals surface area contributed by atoms with Gasteiger partial charge in [0.25, 0.3) is 0 Å². The van der Waals surface area contributed by atoms with Crippen molar-refractivity contribution in [1.29, 1.82) is 0 Å². The van der Waals surface area contributed by atoms with Crippen molar-refractivity contribution in [1.82, 2.24) is 9.78 Å². The fourth-order valence-electron chi connectivity index (χ4n) is 2.66. The van der Waals surface area contributed by atoms with Crippen LogP contribution >= 0.6 is 0 Å². The van der Waals surface area contributed by atoms with Crippen molar-refractivity contribution in [3.8, 4) is 17.0 Å². The molecule has 0 bridgehead atoms. The summed E-state index contributed by atoms with van der Waals surface area (Å²) in [6.45, 7) is 4.17. The predicted octanol–water partition coefficient (Wildman–Crippen LogP) is 2.89. The number of benzene rings is 1. The molecule has 0 unspecified atom stereocenters. The second-order valence-corrected chi connectivity index (χ2v) is 6.03. The number of carboxylic acid groups (broad SMARTS) is 1. The van der Waals surface area contributed by atoms with Crippen molar-refractivity contribution in [3.63, 3.8) is 0 Å². The molecule has 1 aromatic heterocycles. The van der Waals surface area contributed by atoms with E-state index in [9.17, 15) is 4.79 Å². The van der Waals surface area contributed by atoms with E-state index in [1.54, 1.807) is 17.8 Å². The topological polar surface area (TPSA) is 64.4 Å². The van der Waals surface area contributed by atoms with E-state index in [0.29, 0.717) is 0 Å². The molecule has 0 spiro atoms. The zero-order valence-corrected chi connectivity index (χ0v) is 12.4. The summed E-state index contributed by atoms with van der Waals surface area (Å²) in [6, 6.07) is 7.56. The van der Waals surface area contributed by atoms with Gasteiger partial charge in [0.2, 0.25) is 0 Å². The number of ether oxygens (including phenoxy) is 1. The van der Waals surface area contributed by atoms with Gasteiger partial charge in [-0.1, -0.05) is 0 Å². The lowest BCUT2D eigenvalue weighted by Gasteiger charge is -2.32. The van der Waals surface area contributed by atoms with Gasteiger partial charge in [-0.05, 0) is 56.5 Å². The minimum atomic E-state index is -1.01. The van der Waals surface area contributed by atoms with Crippen LogP contribution in [-0.2, 0) is 13.5 Å². The highest BCUT2D eigenvalue weighted by Gasteiger charge is 2.26. The summed E-state index contributed by atoms with van der Waals surface area (Å²) in [5, 5.41) is 13.0. The van der Waals surface area contributed by atoms with Gasteiger partial charge < -0.3 is 9.84 Å². The molecule has 110 valence electrons. The highest BCUT2D eigenvalue weighted by molar-refractivity contribution is 5.87. The molecule has 2 heterocycles. The van der Waals surface area contributed by atoms with Gasteiger partial charge in [0.15, 0.2) is 5.69 Å². The molecule has 0 atom stereocenters. The molecule has 0 saturated carbocycles. The van der Waals surface area contributed by atoms with E-state index >= 15 is 0 Å². The van der Waals surface area contributed by atoms with Gasteiger partial charge in [-0.25, -0.2) is 4.79 Å². The van der Waals surface area contributed by atoms with Crippen LogP contribution in [0.25, 0.3) is 11.3 Å². The lowest BCUT2D eigenvalue weighted by molar-refractivity contribution is 0.0689. The van der Waals surface area contributed by atoms with Crippen LogP contribution in [0.5, 0.6) is 5.75 Å². The molecule has 1 N–H and O–H groups in total. The number of carboxylic acids is 1. The first kappa shape index (κ1) is 13.7. The summed E-state index contributed by atoms with van der Waals surface area (Å²) >= 11 is 0. The zero-order valence-electron chi connectivity index (χ0n) is 12.4. The van der Waals surface area contributed by atoms with Crippen LogP contribution in [0, 0.1) is 0 Å². The van der Waals surface area contributed by atoms with Crippen molar-refractivity contribution in [2.75, 3.05) is 0 Å². The predicted molar refractivity (Wildman–Crippen MR) is 78.6 cm³/mol. The van der Waals surface area contributed by atoms with Crippen molar-refractivity contribution in [2.24, 2.45) is 7.05 Å². The van der Waals surface area contributed by atoms with Crippen molar-refractivity contribution in [2.45, 2.75) is 32.3 Å². The summed E-state index contributed by atoms with van der Waals surface area (Å²) in [7, 11) is 1.75. The van der Waals surface area contributed by atoms with Gasteiger partial charge in [0, 0.05) is 12.6 Å². The Bertz CT molecular complexity index is 716. The molecule has 5 heteroatoms. The number of carbonyl (C=O) groups is 1. The van der Waals surface area contributed by atoms with Crippen LogP contribution in [0.1, 0.15) is 36.3 Å². The lowest BCUT2D eigenvalue weighted by Crippen LogP contribution is -2.32. The summed E-state index contributed by atoms with van der Waals surface area (Å²) in [5.74, 6) is -0.101. The monoisotopic (exact) mass is 286 g/mol. The average Bonchev–Trinajstić information content (AvgIpc) is 2.80. The first-order chi connectivity index (χ1) is 9.85. The van der Waals surface area contributed by atoms with E-state index in [4.69, 9.17) is 9.84 Å². The fourth-order valence-corrected chi connectivity index (χ4v) is 2.66. The number of nitrogens with zero attached hydrogens (tertiary/aromatic N) is 2. The molecule has 21 heavy (non-hydrogen) atoms. The molecule has 5 nitrogen and oxygen atoms in total. The smallest absolute Gasteiger partial charge is 0.356 e. The number of hydrogen-bond donors (Lipinski definition) is 1. The normalized spacial score (nSPS) is 16.1. The molecule has 0 aliphatic carbocycles. The Morgan fingerprint density at radius 3 is 2.81 bits per heavy atom. The van der Waals surface area contributed by atoms with Crippen LogP contribution in [-0.4, -0.2) is 26.5 Å². The van der Waals surface area contributed by atoms with Gasteiger partial charge in [-0.15, -0.1) is 0 Å². The van der Waals surface area contributed by atoms with Crippen LogP contribution in [0.15, 0.2) is 24.3 Å². The second kappa shape index (κ2) is 4.62. The Balaban J connectivity index is 2.00. The Labute approximate surface area is 123 Å². The molecular weight excluding hydrogens is 268 g/mol. The van der Waals surface area contributed by atoms with E-state index in [1.807, 2.05) is 12.1 Å². The minimum absolute atomic E-state index is 0.0580. The number of aryl methyl sites for hydroxylation is 2. The van der Waals surface area contributed by atoms with Gasteiger partial charge in [-0.3, -0.25) is 4.68 Å². The average molecular weight is 286 g/mol. The third kappa shape index (κ3) is 2.51. The van der Waals surface area contributed by atoms with Gasteiger partial charge in [-0.2, -0.15) is 5.10 Å². The Morgan fingerprint density at radius 1 is 1.38 bits per heavy atom. The SMILES string of the molecule is Cn1nc(C(=O)O)cc1-c1ccc2c(c1)CCC(C)(C)O2. The zero-order chi connectivity index (χ0) is 15.2. The maximum absolute atomic E-state index is 11.0. The van der Waals surface area contributed by atoms with Crippen LogP contribution < -0.4 is 4.74 Å². The van der Waals surface area contributed by atoms with E-state index in [1.165, 1.54) is 0 Å². The van der Waals surface area contributed by atoms with Gasteiger partial charge in [0.1, 0.15) is 11.4 Å². The molecule has 0 fully saturated rings. The third-order valence-corrected chi connectivity index (χ3v) is 3.84. The largest absolute Gasteiger partial charge is 0.488 e. The molecule has 1 aromatic carbocycles. The number of aromatic nitrogens is 2. The Morgan fingerprint density at radius 2 is 2.14 bits per heavy atom. The summed E-state index contributed by atoms with van der Waals surface area (Å²) in [6.07, 6.45) is 1.93. The molecule has 2 aromatic rings. The van der Waals surface area contributed by atoms with Crippen LogP contribution in [0.3, 0.4) is 0 Å². The fraction of sp³-hybridized carbons (Fsp3) is 0.375. The molecule has 0 amide bonds. The van der Waals surface area contributed by atoms with Crippen molar-refractivity contribution in [3.05, 3.63) is 35.5 Å². The first-order valence-electron chi connectivity index (χ1n) is 6.95. The summed E-state index contributed by atoms with van der Waals surface area (Å²) in [4.78, 5) is 11.0. The van der Waals surface area contributed by atoms with Gasteiger partial charge in [0.05, 0.1) is 5.69 Å². The van der Waals surface area contributed by atoms with E-state index in [0.717, 1.165) is 35.4 Å². The molecule has 0 radical (unpaired) electrons. The molecule has 0 saturated heterocycles. The number of aromatic carboxylic acids is 1. The summed E-state index contributed by atoms with van der Waals surface area (Å²) in [5.41, 5.74) is 2.84. The summed E-state index contributed by atoms with van der Waals surface area (Å²) < 4.78 is 7.56. The number of fused-ring (bicyclic) bond motifs is 1. The quantitative estimate of drug-likeness (QED) is 0.922. The number of rotatable bonds is 2. The first-order valence-corrected chi connectivity index (χ1v) is 6.95. The molecule has 3 rings (SSSR count). The van der Waals surface area contributed by atoms with E-state index in [2.05, 4.69) is 25.0 Å². The van der Waals surface area contributed by atoms with E-state index in [-0.39, 0.29) is 11.3 Å². The molecule has 1 aliphatic heterocycles. The standard InChI is InChI=1S/C16H18N2O3/c1-16(2)7-6-11-8-10(4-5-14(11)21-16)13-9-12(15(19)20)17-18(13)3/h4-5,8-9H,6-7H2,1-3H3,(H,19,20).